The van der Waals surface area contributed by atoms with E-state index in [-0.39, 0.29) is 11.3 Å². The first kappa shape index (κ1) is 10.7. The van der Waals surface area contributed by atoms with Gasteiger partial charge in [0.05, 0.1) is 5.56 Å². The summed E-state index contributed by atoms with van der Waals surface area (Å²) in [5.41, 5.74) is 6.30. The number of nitrogens with two attached hydrogens (primary N) is 1. The lowest BCUT2D eigenvalue weighted by Crippen LogP contribution is -2.32. The highest BCUT2D eigenvalue weighted by Crippen LogP contribution is 2.26. The van der Waals surface area contributed by atoms with E-state index < -0.39 is 11.8 Å². The summed E-state index contributed by atoms with van der Waals surface area (Å²) in [5, 5.41) is 10.4. The Kier molecular flexibility index (Phi) is 2.90. The monoisotopic (exact) mass is 256 g/mol. The molecule has 2 N–H and O–H groups in total. The van der Waals surface area contributed by atoms with Crippen molar-refractivity contribution in [3.05, 3.63) is 27.7 Å². The summed E-state index contributed by atoms with van der Waals surface area (Å²) >= 11 is 3.11. The SMILES string of the molecule is Cc1ccc(N)c(C(=O)C(=O)[O-])c1Br. The van der Waals surface area contributed by atoms with Crippen LogP contribution >= 0.6 is 15.9 Å². The van der Waals surface area contributed by atoms with Gasteiger partial charge in [0.15, 0.2) is 0 Å². The standard InChI is InChI=1S/C9H8BrNO3/c1-4-2-3-5(11)6(7(4)10)8(12)9(13)14/h2-3H,11H2,1H3,(H,13,14)/p-1. The molecule has 1 rings (SSSR count). The summed E-state index contributed by atoms with van der Waals surface area (Å²) in [6.45, 7) is 1.73. The third-order valence-corrected chi connectivity index (χ3v) is 2.80. The zero-order valence-corrected chi connectivity index (χ0v) is 8.92. The number of carbonyl (C=O) groups is 2. The molecule has 0 aliphatic heterocycles. The molecule has 0 aliphatic rings. The minimum Gasteiger partial charge on any atom is -0.541 e. The number of aryl methyl sites for hydroxylation is 1. The molecule has 0 bridgehead atoms. The largest absolute Gasteiger partial charge is 0.541 e. The maximum atomic E-state index is 11.2. The van der Waals surface area contributed by atoms with E-state index in [1.54, 1.807) is 13.0 Å². The molecule has 5 heteroatoms. The minimum absolute atomic E-state index is 0.0509. The smallest absolute Gasteiger partial charge is 0.211 e. The number of anilines is 1. The Morgan fingerprint density at radius 2 is 2.00 bits per heavy atom. The molecule has 0 aromatic heterocycles. The number of hydrogen-bond donors (Lipinski definition) is 1. The van der Waals surface area contributed by atoms with Crippen molar-refractivity contribution in [2.75, 3.05) is 5.73 Å². The zero-order valence-electron chi connectivity index (χ0n) is 7.33. The molecule has 74 valence electrons. The number of carboxylic acid groups (broad SMARTS) is 1. The van der Waals surface area contributed by atoms with E-state index in [1.807, 2.05) is 0 Å². The van der Waals surface area contributed by atoms with Gasteiger partial charge in [-0.3, -0.25) is 4.79 Å². The van der Waals surface area contributed by atoms with E-state index in [0.29, 0.717) is 4.47 Å². The van der Waals surface area contributed by atoms with E-state index in [2.05, 4.69) is 15.9 Å². The van der Waals surface area contributed by atoms with Gasteiger partial charge < -0.3 is 15.6 Å². The second kappa shape index (κ2) is 3.79. The van der Waals surface area contributed by atoms with E-state index in [0.717, 1.165) is 5.56 Å². The summed E-state index contributed by atoms with van der Waals surface area (Å²) in [7, 11) is 0. The molecule has 14 heavy (non-hydrogen) atoms. The minimum atomic E-state index is -1.76. The van der Waals surface area contributed by atoms with Crippen molar-refractivity contribution in [2.24, 2.45) is 0 Å². The van der Waals surface area contributed by atoms with Gasteiger partial charge in [-0.15, -0.1) is 0 Å². The number of hydrogen-bond acceptors (Lipinski definition) is 4. The molecule has 1 aromatic rings. The van der Waals surface area contributed by atoms with Crippen LogP contribution in [-0.4, -0.2) is 11.8 Å². The van der Waals surface area contributed by atoms with E-state index >= 15 is 0 Å². The maximum Gasteiger partial charge on any atom is 0.211 e. The molecule has 0 spiro atoms. The Labute approximate surface area is 88.9 Å². The molecule has 0 aliphatic carbocycles. The van der Waals surface area contributed by atoms with Crippen LogP contribution in [0.5, 0.6) is 0 Å². The first-order valence-corrected chi connectivity index (χ1v) is 4.54. The van der Waals surface area contributed by atoms with Crippen molar-refractivity contribution in [3.8, 4) is 0 Å². The van der Waals surface area contributed by atoms with Crippen LogP contribution in [0.3, 0.4) is 0 Å². The number of Topliss-reactive ketones (excluding diaryl/α,β-unsaturated/α-hetero) is 1. The number of halogens is 1. The lowest BCUT2D eigenvalue weighted by molar-refractivity contribution is -0.296. The van der Waals surface area contributed by atoms with Crippen molar-refractivity contribution in [3.63, 3.8) is 0 Å². The Morgan fingerprint density at radius 1 is 1.43 bits per heavy atom. The van der Waals surface area contributed by atoms with Crippen LogP contribution in [0.4, 0.5) is 5.69 Å². The maximum absolute atomic E-state index is 11.2. The molecule has 4 nitrogen and oxygen atoms in total. The van der Waals surface area contributed by atoms with Crippen LogP contribution < -0.4 is 10.8 Å². The van der Waals surface area contributed by atoms with Crippen LogP contribution in [-0.2, 0) is 4.79 Å². The number of rotatable bonds is 2. The lowest BCUT2D eigenvalue weighted by Gasteiger charge is -2.09. The van der Waals surface area contributed by atoms with Crippen molar-refractivity contribution < 1.29 is 14.7 Å². The van der Waals surface area contributed by atoms with Gasteiger partial charge in [0.25, 0.3) is 0 Å². The fourth-order valence-electron chi connectivity index (χ4n) is 1.03. The van der Waals surface area contributed by atoms with Gasteiger partial charge in [0.1, 0.15) is 5.97 Å². The molecular formula is C9H7BrNO3-. The van der Waals surface area contributed by atoms with Gasteiger partial charge in [-0.05, 0) is 34.5 Å². The summed E-state index contributed by atoms with van der Waals surface area (Å²) in [4.78, 5) is 21.5. The molecule has 0 radical (unpaired) electrons. The van der Waals surface area contributed by atoms with Crippen molar-refractivity contribution in [2.45, 2.75) is 6.92 Å². The normalized spacial score (nSPS) is 9.86. The molecule has 1 aromatic carbocycles. The molecule has 0 fully saturated rings. The first-order valence-electron chi connectivity index (χ1n) is 3.75. The highest BCUT2D eigenvalue weighted by atomic mass is 79.9. The van der Waals surface area contributed by atoms with E-state index in [9.17, 15) is 14.7 Å². The number of aliphatic carboxylic acids is 1. The van der Waals surface area contributed by atoms with Crippen molar-refractivity contribution >= 4 is 33.4 Å². The van der Waals surface area contributed by atoms with Crippen LogP contribution in [0.2, 0.25) is 0 Å². The van der Waals surface area contributed by atoms with Crippen LogP contribution in [0.15, 0.2) is 16.6 Å². The average Bonchev–Trinajstić information content (AvgIpc) is 2.12. The second-order valence-electron chi connectivity index (χ2n) is 2.78. The number of carbonyl (C=O) groups excluding carboxylic acids is 2. The summed E-state index contributed by atoms with van der Waals surface area (Å²) in [5.74, 6) is -2.87. The van der Waals surface area contributed by atoms with Crippen LogP contribution in [0.1, 0.15) is 15.9 Å². The van der Waals surface area contributed by atoms with Crippen molar-refractivity contribution in [1.29, 1.82) is 0 Å². The number of carboxylic acids is 1. The molecule has 0 saturated heterocycles. The summed E-state index contributed by atoms with van der Waals surface area (Å²) < 4.78 is 0.395. The van der Waals surface area contributed by atoms with Gasteiger partial charge in [0.2, 0.25) is 5.78 Å². The molecule has 0 atom stereocenters. The van der Waals surface area contributed by atoms with Crippen molar-refractivity contribution in [1.82, 2.24) is 0 Å². The summed E-state index contributed by atoms with van der Waals surface area (Å²) in [6, 6.07) is 3.17. The highest BCUT2D eigenvalue weighted by molar-refractivity contribution is 9.10. The van der Waals surface area contributed by atoms with Gasteiger partial charge in [-0.1, -0.05) is 6.07 Å². The second-order valence-corrected chi connectivity index (χ2v) is 3.57. The fraction of sp³-hybridized carbons (Fsp3) is 0.111. The number of ketones is 1. The molecule has 0 heterocycles. The third-order valence-electron chi connectivity index (χ3n) is 1.78. The first-order chi connectivity index (χ1) is 6.45. The topological polar surface area (TPSA) is 83.2 Å². The van der Waals surface area contributed by atoms with Crippen LogP contribution in [0, 0.1) is 6.92 Å². The predicted molar refractivity (Wildman–Crippen MR) is 52.6 cm³/mol. The number of nitrogen functional groups attached to an aromatic ring is 1. The Morgan fingerprint density at radius 3 is 2.50 bits per heavy atom. The van der Waals surface area contributed by atoms with E-state index in [4.69, 9.17) is 5.73 Å². The quantitative estimate of drug-likeness (QED) is 0.468. The lowest BCUT2D eigenvalue weighted by atomic mass is 10.1. The predicted octanol–water partition coefficient (Wildman–Crippen LogP) is 0.272. The van der Waals surface area contributed by atoms with Gasteiger partial charge >= 0.3 is 0 Å². The zero-order chi connectivity index (χ0) is 10.9. The molecular weight excluding hydrogens is 250 g/mol. The molecule has 0 amide bonds. The average molecular weight is 257 g/mol. The third kappa shape index (κ3) is 1.77. The Hall–Kier alpha value is -1.36. The molecule has 0 saturated carbocycles. The van der Waals surface area contributed by atoms with Crippen LogP contribution in [0.25, 0.3) is 0 Å². The fourth-order valence-corrected chi connectivity index (χ4v) is 1.57. The van der Waals surface area contributed by atoms with Gasteiger partial charge in [0, 0.05) is 10.2 Å². The number of benzene rings is 1. The summed E-state index contributed by atoms with van der Waals surface area (Å²) in [6.07, 6.45) is 0. The Balaban J connectivity index is 3.40. The Bertz CT molecular complexity index is 415. The highest BCUT2D eigenvalue weighted by Gasteiger charge is 2.15. The van der Waals surface area contributed by atoms with E-state index in [1.165, 1.54) is 6.07 Å². The molecule has 0 unspecified atom stereocenters. The van der Waals surface area contributed by atoms with Gasteiger partial charge in [-0.25, -0.2) is 0 Å². The van der Waals surface area contributed by atoms with Gasteiger partial charge in [-0.2, -0.15) is 0 Å².